The van der Waals surface area contributed by atoms with Crippen LogP contribution in [0.25, 0.3) is 22.7 Å². The highest BCUT2D eigenvalue weighted by molar-refractivity contribution is 5.61. The molecule has 0 aliphatic carbocycles. The summed E-state index contributed by atoms with van der Waals surface area (Å²) in [6, 6.07) is 14.3. The van der Waals surface area contributed by atoms with Gasteiger partial charge in [0.1, 0.15) is 0 Å². The Morgan fingerprint density at radius 3 is 2.58 bits per heavy atom. The van der Waals surface area contributed by atoms with Crippen molar-refractivity contribution in [3.63, 3.8) is 0 Å². The molecule has 0 spiro atoms. The molecule has 4 rings (SSSR count). The smallest absolute Gasteiger partial charge is 0.259 e. The monoisotopic (exact) mass is 345 g/mol. The fourth-order valence-corrected chi connectivity index (χ4v) is 2.81. The second-order valence-corrected chi connectivity index (χ2v) is 6.19. The zero-order chi connectivity index (χ0) is 17.8. The second kappa shape index (κ2) is 7.31. The molecule has 4 aromatic rings. The molecule has 0 saturated heterocycles. The average Bonchev–Trinajstić information content (AvgIpc) is 3.32. The van der Waals surface area contributed by atoms with E-state index in [2.05, 4.69) is 44.5 Å². The summed E-state index contributed by atoms with van der Waals surface area (Å²) in [5, 5.41) is 8.24. The van der Waals surface area contributed by atoms with Crippen LogP contribution in [0.5, 0.6) is 0 Å². The number of hydrogen-bond donors (Lipinski definition) is 0. The molecule has 0 aliphatic heterocycles. The van der Waals surface area contributed by atoms with E-state index >= 15 is 0 Å². The van der Waals surface area contributed by atoms with Crippen LogP contribution in [0.2, 0.25) is 0 Å². The molecule has 0 radical (unpaired) electrons. The van der Waals surface area contributed by atoms with Gasteiger partial charge in [-0.3, -0.25) is 9.67 Å². The van der Waals surface area contributed by atoms with Crippen molar-refractivity contribution >= 4 is 0 Å². The van der Waals surface area contributed by atoms with Crippen molar-refractivity contribution in [2.75, 3.05) is 0 Å². The molecule has 0 amide bonds. The van der Waals surface area contributed by atoms with Gasteiger partial charge in [-0.2, -0.15) is 10.1 Å². The molecule has 0 N–H and O–H groups in total. The third-order valence-electron chi connectivity index (χ3n) is 4.19. The first-order valence-corrected chi connectivity index (χ1v) is 8.60. The molecular formula is C20H19N5O. The van der Waals surface area contributed by atoms with Crippen LogP contribution in [0.3, 0.4) is 0 Å². The number of benzene rings is 1. The van der Waals surface area contributed by atoms with Crippen molar-refractivity contribution in [1.29, 1.82) is 0 Å². The zero-order valence-corrected chi connectivity index (χ0v) is 14.5. The summed E-state index contributed by atoms with van der Waals surface area (Å²) in [6.07, 6.45) is 8.26. The van der Waals surface area contributed by atoms with Crippen LogP contribution in [-0.2, 0) is 19.9 Å². The lowest BCUT2D eigenvalue weighted by atomic mass is 10.1. The summed E-state index contributed by atoms with van der Waals surface area (Å²) in [5.74, 6) is 1.23. The highest BCUT2D eigenvalue weighted by atomic mass is 16.5. The van der Waals surface area contributed by atoms with E-state index in [-0.39, 0.29) is 0 Å². The van der Waals surface area contributed by atoms with Gasteiger partial charge in [0.05, 0.1) is 17.5 Å². The number of aromatic nitrogens is 5. The first kappa shape index (κ1) is 16.2. The van der Waals surface area contributed by atoms with E-state index in [0.29, 0.717) is 5.89 Å². The summed E-state index contributed by atoms with van der Waals surface area (Å²) in [5.41, 5.74) is 3.99. The Kier molecular flexibility index (Phi) is 4.55. The normalized spacial score (nSPS) is 11.0. The van der Waals surface area contributed by atoms with E-state index in [4.69, 9.17) is 4.52 Å². The van der Waals surface area contributed by atoms with E-state index in [1.807, 2.05) is 31.4 Å². The van der Waals surface area contributed by atoms with Crippen LogP contribution < -0.4 is 0 Å². The summed E-state index contributed by atoms with van der Waals surface area (Å²) >= 11 is 0. The predicted octanol–water partition coefficient (Wildman–Crippen LogP) is 3.71. The Morgan fingerprint density at radius 1 is 0.962 bits per heavy atom. The molecule has 0 unspecified atom stereocenters. The Hall–Kier alpha value is -3.28. The summed E-state index contributed by atoms with van der Waals surface area (Å²) in [7, 11) is 1.88. The third-order valence-corrected chi connectivity index (χ3v) is 4.19. The molecular weight excluding hydrogens is 326 g/mol. The Morgan fingerprint density at radius 2 is 1.85 bits per heavy atom. The summed E-state index contributed by atoms with van der Waals surface area (Å²) < 4.78 is 7.14. The topological polar surface area (TPSA) is 69.6 Å². The van der Waals surface area contributed by atoms with Crippen molar-refractivity contribution in [1.82, 2.24) is 24.9 Å². The number of pyridine rings is 1. The minimum Gasteiger partial charge on any atom is -0.334 e. The van der Waals surface area contributed by atoms with Gasteiger partial charge in [0.25, 0.3) is 5.89 Å². The van der Waals surface area contributed by atoms with Gasteiger partial charge < -0.3 is 4.52 Å². The Balaban J connectivity index is 1.39. The Bertz CT molecular complexity index is 973. The van der Waals surface area contributed by atoms with Crippen LogP contribution in [0.1, 0.15) is 17.8 Å². The Labute approximate surface area is 151 Å². The van der Waals surface area contributed by atoms with Gasteiger partial charge >= 0.3 is 0 Å². The molecule has 6 nitrogen and oxygen atoms in total. The van der Waals surface area contributed by atoms with Crippen molar-refractivity contribution in [3.05, 3.63) is 72.4 Å². The van der Waals surface area contributed by atoms with Gasteiger partial charge in [-0.1, -0.05) is 35.5 Å². The zero-order valence-electron chi connectivity index (χ0n) is 14.5. The predicted molar refractivity (Wildman–Crippen MR) is 98.2 cm³/mol. The van der Waals surface area contributed by atoms with Gasteiger partial charge in [-0.05, 0) is 30.5 Å². The quantitative estimate of drug-likeness (QED) is 0.533. The molecule has 3 heterocycles. The maximum atomic E-state index is 5.39. The highest BCUT2D eigenvalue weighted by Gasteiger charge is 2.10. The molecule has 26 heavy (non-hydrogen) atoms. The van der Waals surface area contributed by atoms with Crippen LogP contribution in [0.4, 0.5) is 0 Å². The molecule has 0 atom stereocenters. The lowest BCUT2D eigenvalue weighted by Gasteiger charge is -1.98. The van der Waals surface area contributed by atoms with Gasteiger partial charge in [-0.15, -0.1) is 0 Å². The first-order chi connectivity index (χ1) is 12.8. The van der Waals surface area contributed by atoms with Crippen molar-refractivity contribution < 1.29 is 4.52 Å². The lowest BCUT2D eigenvalue weighted by Crippen LogP contribution is -1.92. The van der Waals surface area contributed by atoms with Crippen LogP contribution >= 0.6 is 0 Å². The molecule has 3 aromatic heterocycles. The minimum atomic E-state index is 0.505. The van der Waals surface area contributed by atoms with Gasteiger partial charge in [0.15, 0.2) is 5.82 Å². The lowest BCUT2D eigenvalue weighted by molar-refractivity contribution is 0.421. The van der Waals surface area contributed by atoms with Crippen molar-refractivity contribution in [3.8, 4) is 22.7 Å². The van der Waals surface area contributed by atoms with E-state index < -0.39 is 0 Å². The highest BCUT2D eigenvalue weighted by Crippen LogP contribution is 2.21. The number of hydrogen-bond acceptors (Lipinski definition) is 5. The third kappa shape index (κ3) is 3.69. The molecule has 0 aliphatic rings. The number of nitrogens with zero attached hydrogens (tertiary/aromatic N) is 5. The van der Waals surface area contributed by atoms with Crippen molar-refractivity contribution in [2.24, 2.45) is 7.05 Å². The first-order valence-electron chi connectivity index (χ1n) is 8.60. The fourth-order valence-electron chi connectivity index (χ4n) is 2.81. The van der Waals surface area contributed by atoms with E-state index in [9.17, 15) is 0 Å². The van der Waals surface area contributed by atoms with Crippen LogP contribution in [0, 0.1) is 0 Å². The summed E-state index contributed by atoms with van der Waals surface area (Å²) in [6.45, 7) is 0. The fraction of sp³-hybridized carbons (Fsp3) is 0.200. The molecule has 6 heteroatoms. The minimum absolute atomic E-state index is 0.505. The molecule has 0 bridgehead atoms. The van der Waals surface area contributed by atoms with E-state index in [0.717, 1.165) is 41.9 Å². The number of aryl methyl sites for hydroxylation is 3. The molecule has 1 aromatic carbocycles. The maximum Gasteiger partial charge on any atom is 0.259 e. The summed E-state index contributed by atoms with van der Waals surface area (Å²) in [4.78, 5) is 8.95. The van der Waals surface area contributed by atoms with Gasteiger partial charge in [0, 0.05) is 31.4 Å². The molecule has 130 valence electrons. The standard InChI is InChI=1S/C20H19N5O/c1-25-14-17(13-22-25)18-11-10-16(12-21-18)20-23-19(24-26-20)9-5-8-15-6-3-2-4-7-15/h2-4,6-7,10-14H,5,8-9H2,1H3. The van der Waals surface area contributed by atoms with Crippen molar-refractivity contribution in [2.45, 2.75) is 19.3 Å². The molecule has 0 saturated carbocycles. The van der Waals surface area contributed by atoms with Crippen LogP contribution in [0.15, 0.2) is 65.6 Å². The van der Waals surface area contributed by atoms with E-state index in [1.165, 1.54) is 5.56 Å². The molecule has 0 fully saturated rings. The van der Waals surface area contributed by atoms with Crippen LogP contribution in [-0.4, -0.2) is 24.9 Å². The van der Waals surface area contributed by atoms with Gasteiger partial charge in [0.2, 0.25) is 0 Å². The average molecular weight is 345 g/mol. The number of rotatable bonds is 6. The second-order valence-electron chi connectivity index (χ2n) is 6.19. The maximum absolute atomic E-state index is 5.39. The largest absolute Gasteiger partial charge is 0.334 e. The van der Waals surface area contributed by atoms with E-state index in [1.54, 1.807) is 17.1 Å². The van der Waals surface area contributed by atoms with Gasteiger partial charge in [-0.25, -0.2) is 0 Å². The SMILES string of the molecule is Cn1cc(-c2ccc(-c3nc(CCCc4ccccc4)no3)cn2)cn1.